The average Bonchev–Trinajstić information content (AvgIpc) is 2.01. The van der Waals surface area contributed by atoms with E-state index in [1.165, 1.54) is 29.1 Å². The molecule has 2 nitrogen and oxygen atoms in total. The molecule has 0 radical (unpaired) electrons. The number of nitrogens with two attached hydrogens (primary N) is 1. The summed E-state index contributed by atoms with van der Waals surface area (Å²) in [4.78, 5) is 0. The SMILES string of the molecule is CCCCC(C)OC(N)CC[SiH3]. The van der Waals surface area contributed by atoms with Crippen molar-refractivity contribution in [3.05, 3.63) is 0 Å². The van der Waals surface area contributed by atoms with Crippen LogP contribution in [0.15, 0.2) is 0 Å². The second-order valence-electron chi connectivity index (χ2n) is 3.42. The summed E-state index contributed by atoms with van der Waals surface area (Å²) in [6, 6.07) is 1.24. The Labute approximate surface area is 79.3 Å². The van der Waals surface area contributed by atoms with E-state index in [0.29, 0.717) is 6.10 Å². The zero-order valence-corrected chi connectivity index (χ0v) is 10.7. The highest BCUT2D eigenvalue weighted by Gasteiger charge is 2.06. The second kappa shape index (κ2) is 7.77. The van der Waals surface area contributed by atoms with Gasteiger partial charge in [-0.15, -0.1) is 0 Å². The minimum atomic E-state index is -0.0191. The first kappa shape index (κ1) is 12.1. The first-order chi connectivity index (χ1) is 5.70. The van der Waals surface area contributed by atoms with Crippen molar-refractivity contribution in [1.29, 1.82) is 0 Å². The number of rotatable bonds is 7. The monoisotopic (exact) mass is 189 g/mol. The minimum absolute atomic E-state index is 0.0191. The van der Waals surface area contributed by atoms with Crippen LogP contribution in [0.1, 0.15) is 39.5 Å². The molecule has 0 rings (SSSR count). The molecule has 0 aliphatic carbocycles. The second-order valence-corrected chi connectivity index (χ2v) is 4.42. The third-order valence-corrected chi connectivity index (χ3v) is 2.52. The van der Waals surface area contributed by atoms with E-state index in [9.17, 15) is 0 Å². The van der Waals surface area contributed by atoms with Crippen LogP contribution in [0.5, 0.6) is 0 Å². The Morgan fingerprint density at radius 1 is 1.42 bits per heavy atom. The summed E-state index contributed by atoms with van der Waals surface area (Å²) in [7, 11) is 1.23. The number of unbranched alkanes of at least 4 members (excludes halogenated alkanes) is 1. The van der Waals surface area contributed by atoms with Gasteiger partial charge in [0.2, 0.25) is 0 Å². The molecule has 2 N–H and O–H groups in total. The predicted molar refractivity (Wildman–Crippen MR) is 57.4 cm³/mol. The maximum absolute atomic E-state index is 5.76. The lowest BCUT2D eigenvalue weighted by Gasteiger charge is -2.18. The molecule has 0 saturated carbocycles. The van der Waals surface area contributed by atoms with Gasteiger partial charge in [-0.25, -0.2) is 0 Å². The van der Waals surface area contributed by atoms with Gasteiger partial charge in [-0.2, -0.15) is 0 Å². The van der Waals surface area contributed by atoms with Crippen molar-refractivity contribution in [3.63, 3.8) is 0 Å². The summed E-state index contributed by atoms with van der Waals surface area (Å²) in [5.74, 6) is 0. The summed E-state index contributed by atoms with van der Waals surface area (Å²) >= 11 is 0. The van der Waals surface area contributed by atoms with Gasteiger partial charge in [0, 0.05) is 10.2 Å². The van der Waals surface area contributed by atoms with Crippen molar-refractivity contribution in [2.45, 2.75) is 57.9 Å². The van der Waals surface area contributed by atoms with Crippen LogP contribution in [0.2, 0.25) is 6.04 Å². The van der Waals surface area contributed by atoms with Crippen molar-refractivity contribution < 1.29 is 4.74 Å². The molecule has 0 spiro atoms. The summed E-state index contributed by atoms with van der Waals surface area (Å²) in [6.45, 7) is 4.31. The Balaban J connectivity index is 3.33. The molecule has 0 fully saturated rings. The zero-order valence-electron chi connectivity index (χ0n) is 8.68. The van der Waals surface area contributed by atoms with Crippen molar-refractivity contribution >= 4 is 10.2 Å². The molecule has 0 aliphatic rings. The normalized spacial score (nSPS) is 16.2. The Hall–Kier alpha value is 0.137. The van der Waals surface area contributed by atoms with Crippen molar-refractivity contribution in [3.8, 4) is 0 Å². The smallest absolute Gasteiger partial charge is 0.105 e. The lowest BCUT2D eigenvalue weighted by molar-refractivity contribution is -0.00504. The minimum Gasteiger partial charge on any atom is -0.361 e. The third kappa shape index (κ3) is 6.82. The van der Waals surface area contributed by atoms with Gasteiger partial charge >= 0.3 is 0 Å². The molecule has 0 aliphatic heterocycles. The number of hydrogen-bond donors (Lipinski definition) is 1. The van der Waals surface area contributed by atoms with Gasteiger partial charge in [0.1, 0.15) is 6.23 Å². The number of hydrogen-bond acceptors (Lipinski definition) is 2. The lowest BCUT2D eigenvalue weighted by atomic mass is 10.2. The van der Waals surface area contributed by atoms with Gasteiger partial charge in [-0.05, 0) is 19.8 Å². The van der Waals surface area contributed by atoms with E-state index in [0.717, 1.165) is 12.8 Å². The van der Waals surface area contributed by atoms with Gasteiger partial charge in [-0.3, -0.25) is 0 Å². The van der Waals surface area contributed by atoms with E-state index in [2.05, 4.69) is 13.8 Å². The summed E-state index contributed by atoms with van der Waals surface area (Å²) < 4.78 is 5.59. The fourth-order valence-corrected chi connectivity index (χ4v) is 1.78. The van der Waals surface area contributed by atoms with Gasteiger partial charge in [0.15, 0.2) is 0 Å². The van der Waals surface area contributed by atoms with Crippen LogP contribution in [-0.2, 0) is 4.74 Å². The molecule has 0 saturated heterocycles. The largest absolute Gasteiger partial charge is 0.361 e. The predicted octanol–water partition coefficient (Wildman–Crippen LogP) is 1.04. The maximum Gasteiger partial charge on any atom is 0.105 e. The van der Waals surface area contributed by atoms with Crippen LogP contribution in [-0.4, -0.2) is 22.6 Å². The van der Waals surface area contributed by atoms with Crippen LogP contribution in [0.25, 0.3) is 0 Å². The molecule has 0 heterocycles. The summed E-state index contributed by atoms with van der Waals surface area (Å²) in [5, 5.41) is 0. The highest BCUT2D eigenvalue weighted by Crippen LogP contribution is 2.07. The van der Waals surface area contributed by atoms with E-state index in [4.69, 9.17) is 10.5 Å². The van der Waals surface area contributed by atoms with E-state index in [1.807, 2.05) is 0 Å². The Morgan fingerprint density at radius 3 is 2.58 bits per heavy atom. The molecular weight excluding hydrogens is 166 g/mol. The quantitative estimate of drug-likeness (QED) is 0.480. The van der Waals surface area contributed by atoms with Crippen molar-refractivity contribution in [1.82, 2.24) is 0 Å². The van der Waals surface area contributed by atoms with Gasteiger partial charge < -0.3 is 10.5 Å². The standard InChI is InChI=1S/C9H23NOSi/c1-3-4-5-8(2)11-9(10)6-7-12/h8-9H,3-7,10H2,1-2,12H3. The molecule has 3 heteroatoms. The fraction of sp³-hybridized carbons (Fsp3) is 1.00. The van der Waals surface area contributed by atoms with Crippen LogP contribution in [0, 0.1) is 0 Å². The van der Waals surface area contributed by atoms with Crippen LogP contribution in [0.3, 0.4) is 0 Å². The van der Waals surface area contributed by atoms with E-state index >= 15 is 0 Å². The first-order valence-electron chi connectivity index (χ1n) is 5.11. The van der Waals surface area contributed by atoms with Crippen LogP contribution in [0.4, 0.5) is 0 Å². The summed E-state index contributed by atoms with van der Waals surface area (Å²) in [5.41, 5.74) is 5.76. The topological polar surface area (TPSA) is 35.2 Å². The molecular formula is C9H23NOSi. The summed E-state index contributed by atoms with van der Waals surface area (Å²) in [6.07, 6.45) is 4.98. The zero-order chi connectivity index (χ0) is 9.40. The molecule has 0 bridgehead atoms. The highest BCUT2D eigenvalue weighted by atomic mass is 28.1. The molecule has 0 aromatic rings. The van der Waals surface area contributed by atoms with E-state index in [1.54, 1.807) is 0 Å². The van der Waals surface area contributed by atoms with Gasteiger partial charge in [0.05, 0.1) is 6.10 Å². The molecule has 74 valence electrons. The van der Waals surface area contributed by atoms with Crippen molar-refractivity contribution in [2.24, 2.45) is 5.73 Å². The molecule has 0 amide bonds. The number of ether oxygens (including phenoxy) is 1. The Kier molecular flexibility index (Phi) is 7.86. The van der Waals surface area contributed by atoms with Crippen molar-refractivity contribution in [2.75, 3.05) is 0 Å². The highest BCUT2D eigenvalue weighted by molar-refractivity contribution is 6.08. The lowest BCUT2D eigenvalue weighted by Crippen LogP contribution is -2.28. The van der Waals surface area contributed by atoms with Crippen LogP contribution >= 0.6 is 0 Å². The van der Waals surface area contributed by atoms with Gasteiger partial charge in [-0.1, -0.05) is 25.8 Å². The molecule has 2 atom stereocenters. The Bertz CT molecular complexity index is 101. The van der Waals surface area contributed by atoms with E-state index in [-0.39, 0.29) is 6.23 Å². The van der Waals surface area contributed by atoms with Crippen LogP contribution < -0.4 is 5.73 Å². The molecule has 2 unspecified atom stereocenters. The molecule has 0 aromatic heterocycles. The maximum atomic E-state index is 5.76. The third-order valence-electron chi connectivity index (χ3n) is 1.94. The first-order valence-corrected chi connectivity index (χ1v) is 6.53. The Morgan fingerprint density at radius 2 is 2.08 bits per heavy atom. The van der Waals surface area contributed by atoms with E-state index < -0.39 is 0 Å². The molecule has 0 aromatic carbocycles. The van der Waals surface area contributed by atoms with Gasteiger partial charge in [0.25, 0.3) is 0 Å². The average molecular weight is 189 g/mol. The fourth-order valence-electron chi connectivity index (χ4n) is 1.21. The molecule has 12 heavy (non-hydrogen) atoms.